The number of hydrogen-bond donors (Lipinski definition) is 1. The molecule has 2 aromatic rings. The van der Waals surface area contributed by atoms with E-state index in [1.165, 1.54) is 18.2 Å². The topological polar surface area (TPSA) is 58.0 Å². The highest BCUT2D eigenvalue weighted by molar-refractivity contribution is 6.30. The van der Waals surface area contributed by atoms with Gasteiger partial charge >= 0.3 is 0 Å². The summed E-state index contributed by atoms with van der Waals surface area (Å²) in [5.74, 6) is 1.72. The number of amidine groups is 1. The molecule has 5 nitrogen and oxygen atoms in total. The minimum atomic E-state index is -0.510. The number of ether oxygens (including phenoxy) is 1. The Morgan fingerprint density at radius 3 is 2.65 bits per heavy atom. The Labute approximate surface area is 157 Å². The third-order valence-electron chi connectivity index (χ3n) is 4.37. The summed E-state index contributed by atoms with van der Waals surface area (Å²) in [5.41, 5.74) is 0.701. The first-order valence-electron chi connectivity index (χ1n) is 8.52. The van der Waals surface area contributed by atoms with Gasteiger partial charge in [0.25, 0.3) is 0 Å². The van der Waals surface area contributed by atoms with Crippen LogP contribution in [0.4, 0.5) is 4.39 Å². The molecule has 1 aliphatic rings. The van der Waals surface area contributed by atoms with Crippen LogP contribution in [-0.4, -0.2) is 34.0 Å². The van der Waals surface area contributed by atoms with Gasteiger partial charge in [-0.15, -0.1) is 0 Å². The second kappa shape index (κ2) is 7.91. The molecule has 1 aliphatic heterocycles. The van der Waals surface area contributed by atoms with Crippen LogP contribution in [0.25, 0.3) is 0 Å². The quantitative estimate of drug-likeness (QED) is 0.362. The maximum absolute atomic E-state index is 13.3. The smallest absolute Gasteiger partial charge is 0.219 e. The Bertz CT molecular complexity index is 805. The van der Waals surface area contributed by atoms with Gasteiger partial charge in [0.05, 0.1) is 5.02 Å². The molecular formula is C19H21ClFN3O2. The van der Waals surface area contributed by atoms with Crippen molar-refractivity contribution in [2.24, 2.45) is 17.0 Å². The maximum Gasteiger partial charge on any atom is 0.219 e. The molecule has 0 bridgehead atoms. The number of piperidine rings is 1. The lowest BCUT2D eigenvalue weighted by Gasteiger charge is -2.36. The fourth-order valence-electron chi connectivity index (χ4n) is 3.40. The van der Waals surface area contributed by atoms with Crippen molar-refractivity contribution in [3.63, 3.8) is 0 Å². The first-order chi connectivity index (χ1) is 12.5. The van der Waals surface area contributed by atoms with Crippen LogP contribution in [0.5, 0.6) is 11.6 Å². The third kappa shape index (κ3) is 4.25. The van der Waals surface area contributed by atoms with Crippen molar-refractivity contribution < 1.29 is 14.3 Å². The van der Waals surface area contributed by atoms with Gasteiger partial charge in [-0.2, -0.15) is 0 Å². The predicted molar refractivity (Wildman–Crippen MR) is 98.6 cm³/mol. The van der Waals surface area contributed by atoms with Crippen molar-refractivity contribution in [2.45, 2.75) is 20.3 Å². The zero-order valence-corrected chi connectivity index (χ0v) is 15.4. The van der Waals surface area contributed by atoms with Gasteiger partial charge in [-0.25, -0.2) is 9.37 Å². The molecular weight excluding hydrogens is 357 g/mol. The van der Waals surface area contributed by atoms with Crippen molar-refractivity contribution in [1.82, 2.24) is 9.88 Å². The number of benzene rings is 1. The highest BCUT2D eigenvalue weighted by atomic mass is 35.5. The van der Waals surface area contributed by atoms with Crippen LogP contribution in [0.3, 0.4) is 0 Å². The van der Waals surface area contributed by atoms with Gasteiger partial charge in [-0.3, -0.25) is 0 Å². The summed E-state index contributed by atoms with van der Waals surface area (Å²) >= 11 is 5.78. The van der Waals surface area contributed by atoms with Crippen LogP contribution in [-0.2, 0) is 0 Å². The lowest BCUT2D eigenvalue weighted by atomic mass is 9.91. The Hall–Kier alpha value is -2.34. The van der Waals surface area contributed by atoms with Gasteiger partial charge in [0.1, 0.15) is 11.6 Å². The standard InChI is InChI=1S/C19H21ClFN3O2/c1-12-7-13(2)11-24(10-12)19(23-25)14-5-6-22-18(8-14)26-15-3-4-17(21)16(20)9-15/h3-6,8-9,12-13,25H,7,10-11H2,1-2H3/b23-19-. The lowest BCUT2D eigenvalue weighted by Crippen LogP contribution is -2.43. The molecule has 2 unspecified atom stereocenters. The molecule has 1 saturated heterocycles. The van der Waals surface area contributed by atoms with Crippen molar-refractivity contribution in [3.05, 3.63) is 52.9 Å². The Morgan fingerprint density at radius 2 is 2.00 bits per heavy atom. The van der Waals surface area contributed by atoms with E-state index >= 15 is 0 Å². The molecule has 1 aromatic heterocycles. The molecule has 0 amide bonds. The molecule has 1 fully saturated rings. The summed E-state index contributed by atoms with van der Waals surface area (Å²) in [6.07, 6.45) is 2.74. The molecule has 2 heterocycles. The molecule has 3 rings (SSSR count). The van der Waals surface area contributed by atoms with Gasteiger partial charge in [0.15, 0.2) is 5.84 Å². The molecule has 0 spiro atoms. The van der Waals surface area contributed by atoms with Crippen molar-refractivity contribution in [3.8, 4) is 11.6 Å². The summed E-state index contributed by atoms with van der Waals surface area (Å²) in [6.45, 7) is 6.04. The molecule has 7 heteroatoms. The summed E-state index contributed by atoms with van der Waals surface area (Å²) in [5, 5.41) is 13.1. The van der Waals surface area contributed by atoms with Crippen LogP contribution >= 0.6 is 11.6 Å². The van der Waals surface area contributed by atoms with E-state index in [2.05, 4.69) is 28.9 Å². The summed E-state index contributed by atoms with van der Waals surface area (Å²) in [4.78, 5) is 6.24. The summed E-state index contributed by atoms with van der Waals surface area (Å²) in [6, 6.07) is 7.56. The van der Waals surface area contributed by atoms with Crippen LogP contribution < -0.4 is 4.74 Å². The minimum absolute atomic E-state index is 0.0208. The van der Waals surface area contributed by atoms with Crippen LogP contribution in [0.15, 0.2) is 41.7 Å². The number of rotatable bonds is 3. The average molecular weight is 378 g/mol. The lowest BCUT2D eigenvalue weighted by molar-refractivity contribution is 0.204. The molecule has 0 saturated carbocycles. The van der Waals surface area contributed by atoms with Gasteiger partial charge in [-0.1, -0.05) is 30.6 Å². The molecule has 0 aliphatic carbocycles. The van der Waals surface area contributed by atoms with E-state index in [4.69, 9.17) is 16.3 Å². The van der Waals surface area contributed by atoms with Crippen LogP contribution in [0.1, 0.15) is 25.8 Å². The second-order valence-corrected chi connectivity index (χ2v) is 7.24. The highest BCUT2D eigenvalue weighted by Crippen LogP contribution is 2.27. The van der Waals surface area contributed by atoms with Crippen molar-refractivity contribution in [2.75, 3.05) is 13.1 Å². The number of likely N-dealkylation sites (tertiary alicyclic amines) is 1. The number of pyridine rings is 1. The minimum Gasteiger partial charge on any atom is -0.439 e. The molecule has 1 aromatic carbocycles. The van der Waals surface area contributed by atoms with Crippen molar-refractivity contribution in [1.29, 1.82) is 0 Å². The fraction of sp³-hybridized carbons (Fsp3) is 0.368. The predicted octanol–water partition coefficient (Wildman–Crippen LogP) is 4.78. The van der Waals surface area contributed by atoms with E-state index in [0.29, 0.717) is 34.9 Å². The van der Waals surface area contributed by atoms with Crippen LogP contribution in [0.2, 0.25) is 5.02 Å². The van der Waals surface area contributed by atoms with Gasteiger partial charge in [0, 0.05) is 37.0 Å². The van der Waals surface area contributed by atoms with E-state index in [1.807, 2.05) is 0 Å². The van der Waals surface area contributed by atoms with Gasteiger partial charge in [-0.05, 0) is 36.5 Å². The van der Waals surface area contributed by atoms with E-state index in [9.17, 15) is 9.60 Å². The number of nitrogens with zero attached hydrogens (tertiary/aromatic N) is 3. The molecule has 138 valence electrons. The van der Waals surface area contributed by atoms with E-state index < -0.39 is 5.82 Å². The molecule has 0 radical (unpaired) electrons. The average Bonchev–Trinajstić information content (AvgIpc) is 2.58. The maximum atomic E-state index is 13.3. The van der Waals surface area contributed by atoms with Crippen LogP contribution in [0, 0.1) is 17.7 Å². The normalized spacial score (nSPS) is 20.9. The number of hydrogen-bond acceptors (Lipinski definition) is 4. The first kappa shape index (κ1) is 18.5. The Balaban J connectivity index is 1.82. The fourth-order valence-corrected chi connectivity index (χ4v) is 3.58. The second-order valence-electron chi connectivity index (χ2n) is 6.84. The monoisotopic (exact) mass is 377 g/mol. The van der Waals surface area contributed by atoms with E-state index in [-0.39, 0.29) is 5.02 Å². The number of oxime groups is 1. The number of aromatic nitrogens is 1. The summed E-state index contributed by atoms with van der Waals surface area (Å²) < 4.78 is 18.9. The summed E-state index contributed by atoms with van der Waals surface area (Å²) in [7, 11) is 0. The molecule has 2 atom stereocenters. The van der Waals surface area contributed by atoms with E-state index in [1.54, 1.807) is 18.3 Å². The SMILES string of the molecule is CC1CC(C)CN(/C(=N\O)c2ccnc(Oc3ccc(F)c(Cl)c3)c2)C1. The Morgan fingerprint density at radius 1 is 1.27 bits per heavy atom. The molecule has 1 N–H and O–H groups in total. The number of halogens is 2. The largest absolute Gasteiger partial charge is 0.439 e. The first-order valence-corrected chi connectivity index (χ1v) is 8.90. The zero-order chi connectivity index (χ0) is 18.7. The van der Waals surface area contributed by atoms with Crippen molar-refractivity contribution >= 4 is 17.4 Å². The third-order valence-corrected chi connectivity index (χ3v) is 4.66. The van der Waals surface area contributed by atoms with Gasteiger partial charge in [0.2, 0.25) is 5.88 Å². The Kier molecular flexibility index (Phi) is 5.61. The molecule has 26 heavy (non-hydrogen) atoms. The van der Waals surface area contributed by atoms with Gasteiger partial charge < -0.3 is 14.8 Å². The highest BCUT2D eigenvalue weighted by Gasteiger charge is 2.25. The van der Waals surface area contributed by atoms with E-state index in [0.717, 1.165) is 19.5 Å². The zero-order valence-electron chi connectivity index (χ0n) is 14.7.